The molecule has 0 aliphatic rings. The molecule has 5 heteroatoms. The molecule has 26 heavy (non-hydrogen) atoms. The predicted molar refractivity (Wildman–Crippen MR) is 102 cm³/mol. The Morgan fingerprint density at radius 1 is 1.31 bits per heavy atom. The molecule has 2 aromatic rings. The van der Waals surface area contributed by atoms with Crippen molar-refractivity contribution in [1.82, 2.24) is 5.32 Å². The first kappa shape index (κ1) is 19.7. The molecule has 1 N–H and O–H groups in total. The third kappa shape index (κ3) is 4.71. The number of nitrogens with zero attached hydrogens (tertiary/aromatic N) is 1. The highest BCUT2D eigenvalue weighted by atomic mass is 35.5. The topological polar surface area (TPSA) is 52.9 Å². The van der Waals surface area contributed by atoms with Crippen molar-refractivity contribution in [1.29, 1.82) is 5.26 Å². The molecule has 0 fully saturated rings. The number of amides is 1. The first-order valence-corrected chi connectivity index (χ1v) is 8.78. The molecule has 0 saturated heterocycles. The zero-order valence-electron chi connectivity index (χ0n) is 14.7. The van der Waals surface area contributed by atoms with Crippen LogP contribution in [-0.4, -0.2) is 5.91 Å². The SMILES string of the molecule is CCC[C@H](NC(=O)C(C#N)=Cc1c(Cl)ccc(C)c1F)c1ccccc1. The average molecular weight is 371 g/mol. The van der Waals surface area contributed by atoms with Gasteiger partial charge in [-0.25, -0.2) is 4.39 Å². The minimum atomic E-state index is -0.549. The van der Waals surface area contributed by atoms with E-state index in [-0.39, 0.29) is 22.2 Å². The Labute approximate surface area is 158 Å². The molecule has 0 heterocycles. The van der Waals surface area contributed by atoms with E-state index in [0.29, 0.717) is 5.56 Å². The first-order chi connectivity index (χ1) is 12.5. The first-order valence-electron chi connectivity index (χ1n) is 8.40. The maximum atomic E-state index is 14.3. The van der Waals surface area contributed by atoms with Gasteiger partial charge in [0, 0.05) is 5.56 Å². The summed E-state index contributed by atoms with van der Waals surface area (Å²) in [6, 6.07) is 14.3. The molecule has 0 spiro atoms. The lowest BCUT2D eigenvalue weighted by Crippen LogP contribution is -2.29. The minimum Gasteiger partial charge on any atom is -0.345 e. The summed E-state index contributed by atoms with van der Waals surface area (Å²) in [7, 11) is 0. The number of halogens is 2. The highest BCUT2D eigenvalue weighted by molar-refractivity contribution is 6.32. The van der Waals surface area contributed by atoms with Crippen LogP contribution in [0.25, 0.3) is 6.08 Å². The zero-order valence-corrected chi connectivity index (χ0v) is 15.5. The predicted octanol–water partition coefficient (Wildman–Crippen LogP) is 5.35. The van der Waals surface area contributed by atoms with Gasteiger partial charge < -0.3 is 5.32 Å². The number of nitriles is 1. The van der Waals surface area contributed by atoms with E-state index in [2.05, 4.69) is 5.32 Å². The van der Waals surface area contributed by atoms with Gasteiger partial charge in [0.25, 0.3) is 5.91 Å². The van der Waals surface area contributed by atoms with E-state index in [0.717, 1.165) is 18.4 Å². The fourth-order valence-electron chi connectivity index (χ4n) is 2.64. The number of rotatable bonds is 6. The molecule has 0 unspecified atom stereocenters. The summed E-state index contributed by atoms with van der Waals surface area (Å²) in [6.45, 7) is 3.62. The summed E-state index contributed by atoms with van der Waals surface area (Å²) in [5.41, 5.74) is 1.21. The maximum Gasteiger partial charge on any atom is 0.262 e. The number of carbonyl (C=O) groups excluding carboxylic acids is 1. The molecule has 0 aliphatic carbocycles. The fraction of sp³-hybridized carbons (Fsp3) is 0.238. The van der Waals surface area contributed by atoms with Crippen molar-refractivity contribution in [2.75, 3.05) is 0 Å². The van der Waals surface area contributed by atoms with Crippen LogP contribution in [0.15, 0.2) is 48.0 Å². The molecule has 134 valence electrons. The highest BCUT2D eigenvalue weighted by Gasteiger charge is 2.18. The van der Waals surface area contributed by atoms with Crippen molar-refractivity contribution in [2.45, 2.75) is 32.7 Å². The molecule has 0 radical (unpaired) electrons. The summed E-state index contributed by atoms with van der Waals surface area (Å²) in [6.07, 6.45) is 2.80. The van der Waals surface area contributed by atoms with Crippen LogP contribution in [-0.2, 0) is 4.79 Å². The number of nitrogens with one attached hydrogen (secondary N) is 1. The highest BCUT2D eigenvalue weighted by Crippen LogP contribution is 2.25. The molecule has 2 aromatic carbocycles. The lowest BCUT2D eigenvalue weighted by Gasteiger charge is -2.18. The number of carbonyl (C=O) groups is 1. The Balaban J connectivity index is 2.31. The molecular weight excluding hydrogens is 351 g/mol. The van der Waals surface area contributed by atoms with Gasteiger partial charge in [-0.3, -0.25) is 4.79 Å². The summed E-state index contributed by atoms with van der Waals surface area (Å²) >= 11 is 6.03. The van der Waals surface area contributed by atoms with Crippen molar-refractivity contribution in [3.05, 3.63) is 75.6 Å². The second-order valence-electron chi connectivity index (χ2n) is 5.99. The Morgan fingerprint density at radius 2 is 2.00 bits per heavy atom. The summed E-state index contributed by atoms with van der Waals surface area (Å²) < 4.78 is 14.3. The van der Waals surface area contributed by atoms with Crippen molar-refractivity contribution in [2.24, 2.45) is 0 Å². The van der Waals surface area contributed by atoms with Crippen LogP contribution in [0.3, 0.4) is 0 Å². The normalized spacial score (nSPS) is 12.3. The number of benzene rings is 2. The Bertz CT molecular complexity index is 856. The van der Waals surface area contributed by atoms with E-state index >= 15 is 0 Å². The van der Waals surface area contributed by atoms with Gasteiger partial charge in [-0.05, 0) is 36.6 Å². The van der Waals surface area contributed by atoms with Gasteiger partial charge in [-0.2, -0.15) is 5.26 Å². The third-order valence-electron chi connectivity index (χ3n) is 4.06. The van der Waals surface area contributed by atoms with Gasteiger partial charge >= 0.3 is 0 Å². The van der Waals surface area contributed by atoms with Gasteiger partial charge in [0.15, 0.2) is 0 Å². The van der Waals surface area contributed by atoms with Crippen LogP contribution in [0.4, 0.5) is 4.39 Å². The van der Waals surface area contributed by atoms with Gasteiger partial charge in [0.05, 0.1) is 11.1 Å². The van der Waals surface area contributed by atoms with Gasteiger partial charge in [-0.1, -0.05) is 61.3 Å². The monoisotopic (exact) mass is 370 g/mol. The summed E-state index contributed by atoms with van der Waals surface area (Å²) in [5.74, 6) is -1.09. The minimum absolute atomic E-state index is 0.0464. The largest absolute Gasteiger partial charge is 0.345 e. The second kappa shape index (κ2) is 9.17. The Hall–Kier alpha value is -2.64. The lowest BCUT2D eigenvalue weighted by molar-refractivity contribution is -0.117. The Morgan fingerprint density at radius 3 is 2.62 bits per heavy atom. The number of hydrogen-bond donors (Lipinski definition) is 1. The van der Waals surface area contributed by atoms with E-state index in [1.807, 2.05) is 43.3 Å². The molecule has 0 bridgehead atoms. The summed E-state index contributed by atoms with van der Waals surface area (Å²) in [4.78, 5) is 12.6. The zero-order chi connectivity index (χ0) is 19.1. The molecular formula is C21H20ClFN2O. The van der Waals surface area contributed by atoms with Crippen LogP contribution in [0, 0.1) is 24.1 Å². The molecule has 0 aromatic heterocycles. The number of aryl methyl sites for hydroxylation is 1. The van der Waals surface area contributed by atoms with Gasteiger partial charge in [0.2, 0.25) is 0 Å². The van der Waals surface area contributed by atoms with Crippen LogP contribution in [0.1, 0.15) is 42.5 Å². The van der Waals surface area contributed by atoms with Gasteiger partial charge in [0.1, 0.15) is 17.5 Å². The van der Waals surface area contributed by atoms with E-state index in [1.165, 1.54) is 6.08 Å². The van der Waals surface area contributed by atoms with Crippen molar-refractivity contribution in [3.63, 3.8) is 0 Å². The van der Waals surface area contributed by atoms with E-state index in [1.54, 1.807) is 19.1 Å². The van der Waals surface area contributed by atoms with E-state index in [4.69, 9.17) is 11.6 Å². The molecule has 1 atom stereocenters. The van der Waals surface area contributed by atoms with Crippen LogP contribution >= 0.6 is 11.6 Å². The molecule has 0 saturated carbocycles. The molecule has 0 aliphatic heterocycles. The van der Waals surface area contributed by atoms with E-state index in [9.17, 15) is 14.4 Å². The third-order valence-corrected chi connectivity index (χ3v) is 4.39. The van der Waals surface area contributed by atoms with Crippen LogP contribution in [0.5, 0.6) is 0 Å². The lowest BCUT2D eigenvalue weighted by atomic mass is 10.0. The standard InChI is InChI=1S/C21H20ClFN2O/c1-3-7-19(15-8-5-4-6-9-15)25-21(26)16(13-24)12-17-18(22)11-10-14(2)20(17)23/h4-6,8-12,19H,3,7H2,1-2H3,(H,25,26)/t19-/m0/s1. The average Bonchev–Trinajstić information content (AvgIpc) is 2.65. The maximum absolute atomic E-state index is 14.3. The second-order valence-corrected chi connectivity index (χ2v) is 6.39. The quantitative estimate of drug-likeness (QED) is 0.550. The molecule has 1 amide bonds. The van der Waals surface area contributed by atoms with Crippen LogP contribution in [0.2, 0.25) is 5.02 Å². The van der Waals surface area contributed by atoms with Crippen LogP contribution < -0.4 is 5.32 Å². The van der Waals surface area contributed by atoms with Crippen molar-refractivity contribution < 1.29 is 9.18 Å². The molecule has 2 rings (SSSR count). The van der Waals surface area contributed by atoms with Crippen molar-refractivity contribution in [3.8, 4) is 6.07 Å². The van der Waals surface area contributed by atoms with Gasteiger partial charge in [-0.15, -0.1) is 0 Å². The smallest absolute Gasteiger partial charge is 0.262 e. The fourth-order valence-corrected chi connectivity index (χ4v) is 2.84. The number of hydrogen-bond acceptors (Lipinski definition) is 2. The Kier molecular flexibility index (Phi) is 6.94. The van der Waals surface area contributed by atoms with Crippen molar-refractivity contribution >= 4 is 23.6 Å². The molecule has 3 nitrogen and oxygen atoms in total. The summed E-state index contributed by atoms with van der Waals surface area (Å²) in [5, 5.41) is 12.4. The van der Waals surface area contributed by atoms with E-state index < -0.39 is 11.7 Å².